The number of ketones is 1. The highest BCUT2D eigenvalue weighted by atomic mass is 16.5. The lowest BCUT2D eigenvalue weighted by molar-refractivity contribution is 0.0645. The molecule has 1 aromatic heterocycles. The van der Waals surface area contributed by atoms with Gasteiger partial charge in [-0.1, -0.05) is 12.1 Å². The third kappa shape index (κ3) is 7.10. The molecule has 9 heteroatoms. The molecule has 0 unspecified atom stereocenters. The molecular formula is C32H37N5O4. The van der Waals surface area contributed by atoms with Gasteiger partial charge in [0.1, 0.15) is 11.4 Å². The number of methoxy groups -OCH3 is 1. The van der Waals surface area contributed by atoms with Crippen LogP contribution in [0.25, 0.3) is 0 Å². The minimum Gasteiger partial charge on any atom is -0.497 e. The van der Waals surface area contributed by atoms with Crippen molar-refractivity contribution in [1.82, 2.24) is 20.1 Å². The lowest BCUT2D eigenvalue weighted by atomic mass is 9.88. The van der Waals surface area contributed by atoms with Gasteiger partial charge >= 0.3 is 0 Å². The maximum Gasteiger partial charge on any atom is 0.272 e. The molecule has 2 amide bonds. The Balaban J connectivity index is 1.07. The molecule has 2 saturated heterocycles. The molecule has 0 bridgehead atoms. The van der Waals surface area contributed by atoms with Gasteiger partial charge in [0.25, 0.3) is 11.8 Å². The quantitative estimate of drug-likeness (QED) is 0.321. The number of nitrogens with one attached hydrogen (secondary N) is 1. The summed E-state index contributed by atoms with van der Waals surface area (Å²) >= 11 is 0. The molecule has 2 fully saturated rings. The number of nitrogen functional groups attached to an aromatic ring is 1. The fourth-order valence-electron chi connectivity index (χ4n) is 5.54. The van der Waals surface area contributed by atoms with Gasteiger partial charge in [-0.25, -0.2) is 0 Å². The Kier molecular flexibility index (Phi) is 8.94. The van der Waals surface area contributed by atoms with E-state index in [1.165, 1.54) is 11.8 Å². The number of hydrogen-bond donors (Lipinski definition) is 2. The molecule has 9 nitrogen and oxygen atoms in total. The summed E-state index contributed by atoms with van der Waals surface area (Å²) in [6.45, 7) is 3.67. The van der Waals surface area contributed by atoms with Gasteiger partial charge in [0.05, 0.1) is 12.7 Å². The number of aromatic nitrogens is 1. The molecule has 0 atom stereocenters. The first-order valence-corrected chi connectivity index (χ1v) is 14.2. The van der Waals surface area contributed by atoms with Crippen molar-refractivity contribution in [1.29, 1.82) is 0 Å². The van der Waals surface area contributed by atoms with E-state index < -0.39 is 0 Å². The molecule has 2 aliphatic heterocycles. The van der Waals surface area contributed by atoms with Crippen LogP contribution in [-0.2, 0) is 6.54 Å². The Morgan fingerprint density at radius 1 is 0.878 bits per heavy atom. The van der Waals surface area contributed by atoms with E-state index in [0.29, 0.717) is 48.5 Å². The maximum absolute atomic E-state index is 13.0. The monoisotopic (exact) mass is 555 g/mol. The lowest BCUT2D eigenvalue weighted by Crippen LogP contribution is -2.44. The Hall–Kier alpha value is -4.24. The molecule has 0 saturated carbocycles. The molecule has 214 valence electrons. The number of benzene rings is 2. The van der Waals surface area contributed by atoms with Gasteiger partial charge in [-0.15, -0.1) is 0 Å². The summed E-state index contributed by atoms with van der Waals surface area (Å²) < 4.78 is 5.17. The molecule has 2 aromatic carbocycles. The van der Waals surface area contributed by atoms with E-state index >= 15 is 0 Å². The first kappa shape index (κ1) is 28.3. The van der Waals surface area contributed by atoms with Crippen LogP contribution in [-0.4, -0.2) is 71.7 Å². The first-order valence-electron chi connectivity index (χ1n) is 14.2. The number of hydrogen-bond acceptors (Lipinski definition) is 7. The lowest BCUT2D eigenvalue weighted by Gasteiger charge is -2.32. The van der Waals surface area contributed by atoms with E-state index in [0.717, 1.165) is 38.2 Å². The smallest absolute Gasteiger partial charge is 0.272 e. The highest BCUT2D eigenvalue weighted by Gasteiger charge is 2.29. The standard InChI is InChI=1S/C32H37N5O4/c1-41-28-9-4-23(5-10-28)30(38)24-12-18-37(19-13-24)32(40)29-11-6-25(20-34-29)31(39)35-27-14-16-36(17-15-27)21-22-2-7-26(33)8-3-22/h2-11,20,24,27H,12-19,21,33H2,1H3,(H,35,39). The molecule has 0 aliphatic carbocycles. The van der Waals surface area contributed by atoms with Gasteiger partial charge in [-0.3, -0.25) is 24.3 Å². The number of ether oxygens (including phenoxy) is 1. The Labute approximate surface area is 240 Å². The third-order valence-corrected chi connectivity index (χ3v) is 8.08. The summed E-state index contributed by atoms with van der Waals surface area (Å²) in [6, 6.07) is 18.5. The van der Waals surface area contributed by atoms with E-state index in [2.05, 4.69) is 27.3 Å². The SMILES string of the molecule is COc1ccc(C(=O)C2CCN(C(=O)c3ccc(C(=O)NC4CCN(Cc5ccc(N)cc5)CC4)cn3)CC2)cc1. The van der Waals surface area contributed by atoms with Crippen molar-refractivity contribution < 1.29 is 19.1 Å². The third-order valence-electron chi connectivity index (χ3n) is 8.08. The van der Waals surface area contributed by atoms with Gasteiger partial charge in [0.15, 0.2) is 5.78 Å². The van der Waals surface area contributed by atoms with Gasteiger partial charge < -0.3 is 20.7 Å². The first-order chi connectivity index (χ1) is 19.9. The zero-order chi connectivity index (χ0) is 28.8. The van der Waals surface area contributed by atoms with Gasteiger partial charge in [0, 0.05) is 62.1 Å². The fourth-order valence-corrected chi connectivity index (χ4v) is 5.54. The van der Waals surface area contributed by atoms with Crippen LogP contribution in [0.3, 0.4) is 0 Å². The van der Waals surface area contributed by atoms with Crippen LogP contribution in [0.1, 0.15) is 62.5 Å². The minimum absolute atomic E-state index is 0.0979. The summed E-state index contributed by atoms with van der Waals surface area (Å²) in [7, 11) is 1.59. The van der Waals surface area contributed by atoms with E-state index in [-0.39, 0.29) is 29.6 Å². The number of nitrogens with zero attached hydrogens (tertiary/aromatic N) is 3. The molecule has 3 heterocycles. The number of Topliss-reactive ketones (excluding diaryl/α,β-unsaturated/α-hetero) is 1. The number of carbonyl (C=O) groups excluding carboxylic acids is 3. The second-order valence-corrected chi connectivity index (χ2v) is 10.9. The van der Waals surface area contributed by atoms with E-state index in [1.54, 1.807) is 48.4 Å². The Morgan fingerprint density at radius 2 is 1.54 bits per heavy atom. The van der Waals surface area contributed by atoms with E-state index in [4.69, 9.17) is 10.5 Å². The molecule has 3 N–H and O–H groups in total. The highest BCUT2D eigenvalue weighted by molar-refractivity contribution is 5.99. The zero-order valence-corrected chi connectivity index (χ0v) is 23.4. The number of carbonyl (C=O) groups is 3. The van der Waals surface area contributed by atoms with Gasteiger partial charge in [-0.05, 0) is 79.8 Å². The number of pyridine rings is 1. The van der Waals surface area contributed by atoms with Gasteiger partial charge in [0.2, 0.25) is 0 Å². The number of nitrogens with two attached hydrogens (primary N) is 1. The second-order valence-electron chi connectivity index (χ2n) is 10.9. The van der Waals surface area contributed by atoms with Crippen LogP contribution in [0, 0.1) is 5.92 Å². The van der Waals surface area contributed by atoms with Gasteiger partial charge in [-0.2, -0.15) is 0 Å². The molecule has 0 radical (unpaired) electrons. The van der Waals surface area contributed by atoms with Crippen LogP contribution in [0.5, 0.6) is 5.75 Å². The van der Waals surface area contributed by atoms with Crippen molar-refractivity contribution in [3.8, 4) is 5.75 Å². The summed E-state index contributed by atoms with van der Waals surface area (Å²) in [5.74, 6) is 0.341. The van der Waals surface area contributed by atoms with Crippen molar-refractivity contribution in [3.05, 3.63) is 89.2 Å². The number of rotatable bonds is 8. The molecule has 41 heavy (non-hydrogen) atoms. The van der Waals surface area contributed by atoms with Crippen molar-refractivity contribution in [2.75, 3.05) is 39.0 Å². The largest absolute Gasteiger partial charge is 0.497 e. The maximum atomic E-state index is 13.0. The van der Waals surface area contributed by atoms with Crippen LogP contribution in [0.2, 0.25) is 0 Å². The van der Waals surface area contributed by atoms with Crippen molar-refractivity contribution in [2.24, 2.45) is 5.92 Å². The van der Waals surface area contributed by atoms with Crippen LogP contribution >= 0.6 is 0 Å². The molecule has 3 aromatic rings. The second kappa shape index (κ2) is 13.0. The van der Waals surface area contributed by atoms with Crippen molar-refractivity contribution in [2.45, 2.75) is 38.3 Å². The molecule has 0 spiro atoms. The summed E-state index contributed by atoms with van der Waals surface area (Å²) in [5.41, 5.74) is 9.18. The predicted molar refractivity (Wildman–Crippen MR) is 157 cm³/mol. The number of anilines is 1. The number of piperidine rings is 2. The summed E-state index contributed by atoms with van der Waals surface area (Å²) in [5, 5.41) is 3.12. The van der Waals surface area contributed by atoms with Crippen molar-refractivity contribution >= 4 is 23.3 Å². The average molecular weight is 556 g/mol. The Morgan fingerprint density at radius 3 is 2.15 bits per heavy atom. The van der Waals surface area contributed by atoms with Crippen LogP contribution < -0.4 is 15.8 Å². The van der Waals surface area contributed by atoms with E-state index in [9.17, 15) is 14.4 Å². The topological polar surface area (TPSA) is 118 Å². The fraction of sp³-hybridized carbons (Fsp3) is 0.375. The molecular weight excluding hydrogens is 518 g/mol. The van der Waals surface area contributed by atoms with E-state index in [1.807, 2.05) is 12.1 Å². The zero-order valence-electron chi connectivity index (χ0n) is 23.4. The summed E-state index contributed by atoms with van der Waals surface area (Å²) in [6.07, 6.45) is 4.44. The highest BCUT2D eigenvalue weighted by Crippen LogP contribution is 2.24. The minimum atomic E-state index is -0.180. The average Bonchev–Trinajstić information content (AvgIpc) is 3.02. The summed E-state index contributed by atoms with van der Waals surface area (Å²) in [4.78, 5) is 47.2. The van der Waals surface area contributed by atoms with Crippen LogP contribution in [0.15, 0.2) is 66.9 Å². The molecule has 5 rings (SSSR count). The van der Waals surface area contributed by atoms with Crippen molar-refractivity contribution in [3.63, 3.8) is 0 Å². The Bertz CT molecular complexity index is 1340. The normalized spacial score (nSPS) is 16.8. The predicted octanol–water partition coefficient (Wildman–Crippen LogP) is 3.80. The number of likely N-dealkylation sites (tertiary alicyclic amines) is 2. The van der Waals surface area contributed by atoms with Crippen LogP contribution in [0.4, 0.5) is 5.69 Å². The number of amides is 2. The molecule has 2 aliphatic rings.